The highest BCUT2D eigenvalue weighted by Gasteiger charge is 2.39. The number of nitrogens with zero attached hydrogens (tertiary/aromatic N) is 3. The van der Waals surface area contributed by atoms with E-state index < -0.39 is 11.4 Å². The van der Waals surface area contributed by atoms with Gasteiger partial charge in [0.15, 0.2) is 11.6 Å². The molecule has 0 saturated carbocycles. The minimum Gasteiger partial charge on any atom is -0.490 e. The van der Waals surface area contributed by atoms with E-state index in [0.29, 0.717) is 25.1 Å². The summed E-state index contributed by atoms with van der Waals surface area (Å²) in [7, 11) is 0. The van der Waals surface area contributed by atoms with E-state index in [-0.39, 0.29) is 30.4 Å². The summed E-state index contributed by atoms with van der Waals surface area (Å²) in [4.78, 5) is 14.3. The number of hydrogen-bond acceptors (Lipinski definition) is 5. The minimum absolute atomic E-state index is 0.0550. The smallest absolute Gasteiger partial charge is 0.257 e. The molecule has 1 aliphatic heterocycles. The van der Waals surface area contributed by atoms with Gasteiger partial charge in [0.25, 0.3) is 5.91 Å². The van der Waals surface area contributed by atoms with Crippen molar-refractivity contribution in [2.24, 2.45) is 0 Å². The number of aliphatic hydroxyl groups is 1. The van der Waals surface area contributed by atoms with Gasteiger partial charge in [-0.05, 0) is 31.9 Å². The van der Waals surface area contributed by atoms with E-state index in [1.807, 2.05) is 0 Å². The summed E-state index contributed by atoms with van der Waals surface area (Å²) in [5.41, 5.74) is -0.717. The zero-order valence-electron chi connectivity index (χ0n) is 13.3. The number of halogens is 1. The van der Waals surface area contributed by atoms with Crippen LogP contribution >= 0.6 is 0 Å². The van der Waals surface area contributed by atoms with Crippen LogP contribution in [-0.4, -0.2) is 51.0 Å². The van der Waals surface area contributed by atoms with Crippen molar-refractivity contribution >= 4 is 5.91 Å². The topological polar surface area (TPSA) is 91.3 Å². The Labute approximate surface area is 138 Å². The quantitative estimate of drug-likeness (QED) is 0.883. The van der Waals surface area contributed by atoms with Crippen molar-refractivity contribution in [3.8, 4) is 5.75 Å². The van der Waals surface area contributed by atoms with Gasteiger partial charge >= 0.3 is 0 Å². The number of likely N-dealkylation sites (tertiary alicyclic amines) is 1. The lowest BCUT2D eigenvalue weighted by Crippen LogP contribution is -2.48. The Bertz CT molecular complexity index is 722. The number of carbonyl (C=O) groups is 1. The second-order valence-corrected chi connectivity index (χ2v) is 5.77. The molecule has 0 spiro atoms. The monoisotopic (exact) mass is 334 g/mol. The van der Waals surface area contributed by atoms with Crippen LogP contribution in [-0.2, 0) is 5.60 Å². The van der Waals surface area contributed by atoms with Crippen LogP contribution in [0, 0.1) is 5.82 Å². The lowest BCUT2D eigenvalue weighted by Gasteiger charge is -2.38. The number of rotatable bonds is 4. The summed E-state index contributed by atoms with van der Waals surface area (Å²) in [5, 5.41) is 20.9. The third kappa shape index (κ3) is 2.96. The molecule has 0 aliphatic carbocycles. The Kier molecular flexibility index (Phi) is 4.48. The van der Waals surface area contributed by atoms with Gasteiger partial charge in [0.05, 0.1) is 24.9 Å². The number of nitrogens with one attached hydrogen (secondary N) is 1. The third-order valence-electron chi connectivity index (χ3n) is 4.14. The van der Waals surface area contributed by atoms with Crippen molar-refractivity contribution in [3.63, 3.8) is 0 Å². The van der Waals surface area contributed by atoms with E-state index in [9.17, 15) is 14.3 Å². The molecule has 0 bridgehead atoms. The number of carbonyl (C=O) groups excluding carboxylic acids is 1. The fourth-order valence-corrected chi connectivity index (χ4v) is 2.98. The van der Waals surface area contributed by atoms with Crippen molar-refractivity contribution in [2.75, 3.05) is 19.7 Å². The van der Waals surface area contributed by atoms with E-state index in [4.69, 9.17) is 4.74 Å². The third-order valence-corrected chi connectivity index (χ3v) is 4.14. The molecule has 1 aliphatic rings. The molecule has 1 fully saturated rings. The van der Waals surface area contributed by atoms with E-state index >= 15 is 0 Å². The Morgan fingerprint density at radius 2 is 2.38 bits per heavy atom. The highest BCUT2D eigenvalue weighted by atomic mass is 19.1. The van der Waals surface area contributed by atoms with Crippen LogP contribution < -0.4 is 4.74 Å². The first-order chi connectivity index (χ1) is 11.5. The molecule has 1 aromatic carbocycles. The van der Waals surface area contributed by atoms with Gasteiger partial charge in [-0.15, -0.1) is 0 Å². The fourth-order valence-electron chi connectivity index (χ4n) is 2.98. The Hall–Kier alpha value is -2.48. The molecular weight excluding hydrogens is 315 g/mol. The van der Waals surface area contributed by atoms with E-state index in [0.717, 1.165) is 0 Å². The molecule has 1 aromatic heterocycles. The van der Waals surface area contributed by atoms with Crippen molar-refractivity contribution < 1.29 is 19.0 Å². The van der Waals surface area contributed by atoms with Crippen LogP contribution in [0.15, 0.2) is 24.4 Å². The fraction of sp³-hybridized carbons (Fsp3) is 0.438. The number of aromatic amines is 1. The predicted molar refractivity (Wildman–Crippen MR) is 83.0 cm³/mol. The highest BCUT2D eigenvalue weighted by Crippen LogP contribution is 2.32. The predicted octanol–water partition coefficient (Wildman–Crippen LogP) is 1.47. The van der Waals surface area contributed by atoms with Crippen molar-refractivity contribution in [3.05, 3.63) is 41.5 Å². The van der Waals surface area contributed by atoms with E-state index in [1.54, 1.807) is 6.92 Å². The van der Waals surface area contributed by atoms with Crippen LogP contribution in [0.25, 0.3) is 0 Å². The molecule has 24 heavy (non-hydrogen) atoms. The Balaban J connectivity index is 1.87. The SMILES string of the molecule is CCOc1c(F)cccc1C(=O)N1CCCC(O)(c2cn[nH]n2)C1. The summed E-state index contributed by atoms with van der Waals surface area (Å²) in [6.07, 6.45) is 2.53. The van der Waals surface area contributed by atoms with Gasteiger partial charge in [-0.2, -0.15) is 15.4 Å². The van der Waals surface area contributed by atoms with Gasteiger partial charge < -0.3 is 14.7 Å². The van der Waals surface area contributed by atoms with Crippen LogP contribution in [0.2, 0.25) is 0 Å². The molecular formula is C16H19FN4O3. The molecule has 1 unspecified atom stereocenters. The minimum atomic E-state index is -1.26. The molecule has 128 valence electrons. The molecule has 1 saturated heterocycles. The molecule has 2 heterocycles. The summed E-state index contributed by atoms with van der Waals surface area (Å²) >= 11 is 0. The van der Waals surface area contributed by atoms with Crippen LogP contribution in [0.5, 0.6) is 5.75 Å². The number of piperidine rings is 1. The standard InChI is InChI=1S/C16H19FN4O3/c1-2-24-14-11(5-3-6-12(14)17)15(22)21-8-4-7-16(23,10-21)13-9-18-20-19-13/h3,5-6,9,23H,2,4,7-8,10H2,1H3,(H,18,19,20). The first-order valence-electron chi connectivity index (χ1n) is 7.84. The van der Waals surface area contributed by atoms with Crippen molar-refractivity contribution in [2.45, 2.75) is 25.4 Å². The van der Waals surface area contributed by atoms with Gasteiger partial charge in [0, 0.05) is 6.54 Å². The van der Waals surface area contributed by atoms with Gasteiger partial charge in [-0.25, -0.2) is 4.39 Å². The van der Waals surface area contributed by atoms with Gasteiger partial charge in [-0.3, -0.25) is 4.79 Å². The summed E-state index contributed by atoms with van der Waals surface area (Å²) in [6, 6.07) is 4.25. The summed E-state index contributed by atoms with van der Waals surface area (Å²) in [5.74, 6) is -1.01. The van der Waals surface area contributed by atoms with Gasteiger partial charge in [0.2, 0.25) is 0 Å². The first kappa shape index (κ1) is 16.4. The maximum atomic E-state index is 14.0. The molecule has 8 heteroatoms. The highest BCUT2D eigenvalue weighted by molar-refractivity contribution is 5.97. The average Bonchev–Trinajstić information content (AvgIpc) is 3.12. The molecule has 1 atom stereocenters. The number of amides is 1. The number of benzene rings is 1. The van der Waals surface area contributed by atoms with Crippen LogP contribution in [0.3, 0.4) is 0 Å². The maximum absolute atomic E-state index is 14.0. The number of β-amino-alcohol motifs (C(OH)–C–C–N with tert-alkyl or cyclic N) is 1. The van der Waals surface area contributed by atoms with Crippen molar-refractivity contribution in [1.29, 1.82) is 0 Å². The number of para-hydroxylation sites is 1. The van der Waals surface area contributed by atoms with Gasteiger partial charge in [0.1, 0.15) is 11.3 Å². The normalized spacial score (nSPS) is 20.9. The molecule has 3 rings (SSSR count). The van der Waals surface area contributed by atoms with Gasteiger partial charge in [-0.1, -0.05) is 6.07 Å². The van der Waals surface area contributed by atoms with Crippen LogP contribution in [0.4, 0.5) is 4.39 Å². The van der Waals surface area contributed by atoms with Crippen LogP contribution in [0.1, 0.15) is 35.8 Å². The van der Waals surface area contributed by atoms with Crippen molar-refractivity contribution in [1.82, 2.24) is 20.3 Å². The summed E-state index contributed by atoms with van der Waals surface area (Å²) in [6.45, 7) is 2.52. The summed E-state index contributed by atoms with van der Waals surface area (Å²) < 4.78 is 19.3. The number of H-pyrrole nitrogens is 1. The molecule has 2 N–H and O–H groups in total. The zero-order valence-corrected chi connectivity index (χ0v) is 13.3. The van der Waals surface area contributed by atoms with E-state index in [1.165, 1.54) is 29.3 Å². The Morgan fingerprint density at radius 3 is 3.08 bits per heavy atom. The molecule has 2 aromatic rings. The number of aromatic nitrogens is 3. The first-order valence-corrected chi connectivity index (χ1v) is 7.84. The molecule has 0 radical (unpaired) electrons. The second kappa shape index (κ2) is 6.56. The molecule has 7 nitrogen and oxygen atoms in total. The largest absolute Gasteiger partial charge is 0.490 e. The average molecular weight is 334 g/mol. The second-order valence-electron chi connectivity index (χ2n) is 5.77. The number of ether oxygens (including phenoxy) is 1. The zero-order chi connectivity index (χ0) is 17.2. The Morgan fingerprint density at radius 1 is 1.54 bits per heavy atom. The maximum Gasteiger partial charge on any atom is 0.257 e. The number of hydrogen-bond donors (Lipinski definition) is 2. The lowest BCUT2D eigenvalue weighted by molar-refractivity contribution is -0.0321. The lowest BCUT2D eigenvalue weighted by atomic mass is 9.89. The molecule has 1 amide bonds. The van der Waals surface area contributed by atoms with E-state index in [2.05, 4.69) is 15.4 Å².